The maximum Gasteiger partial charge on any atom is 0.253 e. The minimum Gasteiger partial charge on any atom is -0.346 e. The standard InChI is InChI=1S/C24H27ClN4O2/c1-15(2)21(22-26-19-7-3-4-8-20(19)27-22)28-23(30)17-6-5-13-29(14-17)24(31)16-9-11-18(25)12-10-16/h3-4,7-12,15,17,21H,5-6,13-14H2,1-2H3,(H,26,27)(H,28,30)/t17-,21+/m1/s1. The predicted octanol–water partition coefficient (Wildman–Crippen LogP) is 4.58. The van der Waals surface area contributed by atoms with Gasteiger partial charge in [-0.25, -0.2) is 4.98 Å². The van der Waals surface area contributed by atoms with E-state index in [2.05, 4.69) is 29.1 Å². The van der Waals surface area contributed by atoms with E-state index in [-0.39, 0.29) is 29.7 Å². The molecule has 2 N–H and O–H groups in total. The first kappa shape index (κ1) is 21.4. The zero-order valence-electron chi connectivity index (χ0n) is 17.8. The van der Waals surface area contributed by atoms with Gasteiger partial charge in [0.2, 0.25) is 5.91 Å². The Bertz CT molecular complexity index is 1040. The molecule has 2 atom stereocenters. The Balaban J connectivity index is 1.46. The van der Waals surface area contributed by atoms with Crippen LogP contribution in [0.4, 0.5) is 0 Å². The maximum atomic E-state index is 13.1. The van der Waals surface area contributed by atoms with Gasteiger partial charge in [0.15, 0.2) is 0 Å². The van der Waals surface area contributed by atoms with Crippen molar-refractivity contribution in [2.45, 2.75) is 32.7 Å². The number of piperidine rings is 1. The van der Waals surface area contributed by atoms with E-state index < -0.39 is 0 Å². The summed E-state index contributed by atoms with van der Waals surface area (Å²) in [5.74, 6) is 0.588. The third kappa shape index (κ3) is 4.74. The number of rotatable bonds is 5. The molecule has 0 radical (unpaired) electrons. The fourth-order valence-corrected chi connectivity index (χ4v) is 4.22. The molecule has 1 aliphatic rings. The van der Waals surface area contributed by atoms with Crippen molar-refractivity contribution in [3.05, 3.63) is 64.9 Å². The number of likely N-dealkylation sites (tertiary alicyclic amines) is 1. The van der Waals surface area contributed by atoms with Crippen molar-refractivity contribution in [2.75, 3.05) is 13.1 Å². The topological polar surface area (TPSA) is 78.1 Å². The summed E-state index contributed by atoms with van der Waals surface area (Å²) in [4.78, 5) is 35.8. The third-order valence-corrected chi connectivity index (χ3v) is 6.09. The van der Waals surface area contributed by atoms with Gasteiger partial charge in [-0.05, 0) is 55.2 Å². The van der Waals surface area contributed by atoms with Crippen LogP contribution in [0.5, 0.6) is 0 Å². The van der Waals surface area contributed by atoms with Crippen molar-refractivity contribution >= 4 is 34.4 Å². The number of aromatic amines is 1. The number of nitrogens with zero attached hydrogens (tertiary/aromatic N) is 2. The molecule has 6 nitrogen and oxygen atoms in total. The van der Waals surface area contributed by atoms with E-state index in [1.54, 1.807) is 29.2 Å². The number of amides is 2. The van der Waals surface area contributed by atoms with Gasteiger partial charge in [0.25, 0.3) is 5.91 Å². The van der Waals surface area contributed by atoms with Crippen molar-refractivity contribution in [3.63, 3.8) is 0 Å². The molecule has 1 aromatic heterocycles. The molecule has 3 aromatic rings. The Labute approximate surface area is 187 Å². The molecule has 0 saturated carbocycles. The van der Waals surface area contributed by atoms with Gasteiger partial charge in [-0.3, -0.25) is 9.59 Å². The van der Waals surface area contributed by atoms with Gasteiger partial charge in [-0.1, -0.05) is 37.6 Å². The third-order valence-electron chi connectivity index (χ3n) is 5.84. The Kier molecular flexibility index (Phi) is 6.28. The molecular formula is C24H27ClN4O2. The molecule has 1 saturated heterocycles. The largest absolute Gasteiger partial charge is 0.346 e. The first-order valence-corrected chi connectivity index (χ1v) is 11.1. The molecular weight excluding hydrogens is 412 g/mol. The molecule has 31 heavy (non-hydrogen) atoms. The summed E-state index contributed by atoms with van der Waals surface area (Å²) in [7, 11) is 0. The summed E-state index contributed by atoms with van der Waals surface area (Å²) >= 11 is 5.93. The molecule has 2 aromatic carbocycles. The van der Waals surface area contributed by atoms with Gasteiger partial charge < -0.3 is 15.2 Å². The van der Waals surface area contributed by atoms with Crippen molar-refractivity contribution in [1.82, 2.24) is 20.2 Å². The van der Waals surface area contributed by atoms with Crippen LogP contribution in [-0.2, 0) is 4.79 Å². The summed E-state index contributed by atoms with van der Waals surface area (Å²) < 4.78 is 0. The average Bonchev–Trinajstić information content (AvgIpc) is 3.21. The molecule has 0 bridgehead atoms. The maximum absolute atomic E-state index is 13.1. The van der Waals surface area contributed by atoms with E-state index in [4.69, 9.17) is 11.6 Å². The van der Waals surface area contributed by atoms with Crippen LogP contribution in [-0.4, -0.2) is 39.8 Å². The molecule has 0 aliphatic carbocycles. The fourth-order valence-electron chi connectivity index (χ4n) is 4.09. The van der Waals surface area contributed by atoms with Crippen molar-refractivity contribution in [1.29, 1.82) is 0 Å². The average molecular weight is 439 g/mol. The minimum atomic E-state index is -0.240. The van der Waals surface area contributed by atoms with E-state index in [1.165, 1.54) is 0 Å². The van der Waals surface area contributed by atoms with E-state index in [0.717, 1.165) is 29.7 Å². The van der Waals surface area contributed by atoms with Crippen LogP contribution in [0.2, 0.25) is 5.02 Å². The van der Waals surface area contributed by atoms with Crippen LogP contribution in [0, 0.1) is 11.8 Å². The first-order chi connectivity index (χ1) is 14.9. The number of fused-ring (bicyclic) bond motifs is 1. The zero-order chi connectivity index (χ0) is 22.0. The number of aromatic nitrogens is 2. The first-order valence-electron chi connectivity index (χ1n) is 10.7. The molecule has 1 aliphatic heterocycles. The van der Waals surface area contributed by atoms with Gasteiger partial charge in [-0.15, -0.1) is 0 Å². The lowest BCUT2D eigenvalue weighted by Crippen LogP contribution is -2.46. The number of carbonyl (C=O) groups excluding carboxylic acids is 2. The number of H-pyrrole nitrogens is 1. The number of benzene rings is 2. The summed E-state index contributed by atoms with van der Waals surface area (Å²) in [6, 6.07) is 14.5. The second-order valence-electron chi connectivity index (χ2n) is 8.47. The van der Waals surface area contributed by atoms with Crippen molar-refractivity contribution < 1.29 is 9.59 Å². The summed E-state index contributed by atoms with van der Waals surface area (Å²) in [5, 5.41) is 3.78. The molecule has 1 fully saturated rings. The van der Waals surface area contributed by atoms with E-state index >= 15 is 0 Å². The molecule has 4 rings (SSSR count). The lowest BCUT2D eigenvalue weighted by molar-refractivity contribution is -0.127. The number of nitrogens with one attached hydrogen (secondary N) is 2. The molecule has 2 amide bonds. The van der Waals surface area contributed by atoms with Gasteiger partial charge in [-0.2, -0.15) is 0 Å². The number of halogens is 1. The molecule has 0 unspecified atom stereocenters. The molecule has 0 spiro atoms. The number of hydrogen-bond acceptors (Lipinski definition) is 3. The molecule has 7 heteroatoms. The van der Waals surface area contributed by atoms with Gasteiger partial charge in [0, 0.05) is 23.7 Å². The Morgan fingerprint density at radius 1 is 1.16 bits per heavy atom. The summed E-state index contributed by atoms with van der Waals surface area (Å²) in [5.41, 5.74) is 2.43. The monoisotopic (exact) mass is 438 g/mol. The smallest absolute Gasteiger partial charge is 0.253 e. The highest BCUT2D eigenvalue weighted by Crippen LogP contribution is 2.25. The summed E-state index contributed by atoms with van der Waals surface area (Å²) in [6.07, 6.45) is 1.57. The molecule has 2 heterocycles. The lowest BCUT2D eigenvalue weighted by Gasteiger charge is -2.33. The number of para-hydroxylation sites is 2. The normalized spacial score (nSPS) is 17.7. The molecule has 162 valence electrons. The minimum absolute atomic E-state index is 0.0345. The fraction of sp³-hybridized carbons (Fsp3) is 0.375. The SMILES string of the molecule is CC(C)[C@H](NC(=O)[C@@H]1CCCN(C(=O)c2ccc(Cl)cc2)C1)c1nc2ccccc2[nH]1. The van der Waals surface area contributed by atoms with Crippen molar-refractivity contribution in [3.8, 4) is 0 Å². The van der Waals surface area contributed by atoms with Gasteiger partial charge >= 0.3 is 0 Å². The highest BCUT2D eigenvalue weighted by Gasteiger charge is 2.31. The highest BCUT2D eigenvalue weighted by molar-refractivity contribution is 6.30. The van der Waals surface area contributed by atoms with E-state index in [9.17, 15) is 9.59 Å². The second kappa shape index (κ2) is 9.10. The van der Waals surface area contributed by atoms with Crippen LogP contribution in [0.25, 0.3) is 11.0 Å². The quantitative estimate of drug-likeness (QED) is 0.611. The highest BCUT2D eigenvalue weighted by atomic mass is 35.5. The predicted molar refractivity (Wildman–Crippen MR) is 122 cm³/mol. The van der Waals surface area contributed by atoms with Crippen LogP contribution in [0.15, 0.2) is 48.5 Å². The van der Waals surface area contributed by atoms with Crippen LogP contribution < -0.4 is 5.32 Å². The Hall–Kier alpha value is -2.86. The number of carbonyl (C=O) groups is 2. The van der Waals surface area contributed by atoms with E-state index in [0.29, 0.717) is 23.7 Å². The van der Waals surface area contributed by atoms with Crippen LogP contribution in [0.1, 0.15) is 48.9 Å². The summed E-state index contributed by atoms with van der Waals surface area (Å²) in [6.45, 7) is 5.20. The second-order valence-corrected chi connectivity index (χ2v) is 8.90. The van der Waals surface area contributed by atoms with Crippen molar-refractivity contribution in [2.24, 2.45) is 11.8 Å². The Morgan fingerprint density at radius 2 is 1.90 bits per heavy atom. The van der Waals surface area contributed by atoms with Gasteiger partial charge in [0.05, 0.1) is 23.0 Å². The van der Waals surface area contributed by atoms with Gasteiger partial charge in [0.1, 0.15) is 5.82 Å². The van der Waals surface area contributed by atoms with E-state index in [1.807, 2.05) is 24.3 Å². The number of hydrogen-bond donors (Lipinski definition) is 2. The Morgan fingerprint density at radius 3 is 2.61 bits per heavy atom. The number of imidazole rings is 1. The zero-order valence-corrected chi connectivity index (χ0v) is 18.5. The lowest BCUT2D eigenvalue weighted by atomic mass is 9.95. The van der Waals surface area contributed by atoms with Crippen LogP contribution in [0.3, 0.4) is 0 Å². The van der Waals surface area contributed by atoms with Crippen LogP contribution >= 0.6 is 11.6 Å².